The number of nitrogens with zero attached hydrogens (tertiary/aromatic N) is 5. The van der Waals surface area contributed by atoms with Crippen molar-refractivity contribution in [2.75, 3.05) is 19.6 Å². The largest absolute Gasteiger partial charge is 0.367 e. The summed E-state index contributed by atoms with van der Waals surface area (Å²) < 4.78 is 21.7. The van der Waals surface area contributed by atoms with E-state index in [1.54, 1.807) is 12.1 Å². The number of hydrogen-bond acceptors (Lipinski definition) is 4. The number of aromatic nitrogens is 3. The van der Waals surface area contributed by atoms with Crippen LogP contribution in [0.25, 0.3) is 0 Å². The van der Waals surface area contributed by atoms with E-state index in [1.165, 1.54) is 31.4 Å². The van der Waals surface area contributed by atoms with Gasteiger partial charge in [-0.1, -0.05) is 18.6 Å². The van der Waals surface area contributed by atoms with E-state index < -0.39 is 0 Å². The Kier molecular flexibility index (Phi) is 8.65. The monoisotopic (exact) mass is 542 g/mol. The second kappa shape index (κ2) is 11.2. The van der Waals surface area contributed by atoms with E-state index in [9.17, 15) is 4.39 Å². The van der Waals surface area contributed by atoms with Gasteiger partial charge >= 0.3 is 0 Å². The first kappa shape index (κ1) is 23.9. The van der Waals surface area contributed by atoms with Crippen LogP contribution in [0.5, 0.6) is 0 Å². The van der Waals surface area contributed by atoms with Gasteiger partial charge in [-0.15, -0.1) is 34.2 Å². The third kappa shape index (κ3) is 5.94. The highest BCUT2D eigenvalue weighted by molar-refractivity contribution is 14.0. The van der Waals surface area contributed by atoms with Crippen molar-refractivity contribution in [3.63, 3.8) is 0 Å². The molecule has 0 bridgehead atoms. The number of aliphatic imine (C=N–C) groups is 1. The Labute approximate surface area is 200 Å². The van der Waals surface area contributed by atoms with Crippen molar-refractivity contribution in [2.24, 2.45) is 4.99 Å². The van der Waals surface area contributed by atoms with Crippen molar-refractivity contribution in [1.82, 2.24) is 25.0 Å². The normalized spacial score (nSPS) is 21.8. The van der Waals surface area contributed by atoms with Gasteiger partial charge in [-0.25, -0.2) is 9.38 Å². The van der Waals surface area contributed by atoms with E-state index >= 15 is 0 Å². The number of nitrogens with one attached hydrogen (secondary N) is 1. The number of halogens is 2. The Hall–Kier alpha value is -1.75. The van der Waals surface area contributed by atoms with Gasteiger partial charge in [0, 0.05) is 26.1 Å². The van der Waals surface area contributed by atoms with Crippen LogP contribution in [0.2, 0.25) is 0 Å². The molecule has 1 aromatic heterocycles. The molecule has 170 valence electrons. The first-order valence-electron chi connectivity index (χ1n) is 11.0. The van der Waals surface area contributed by atoms with Crippen molar-refractivity contribution in [1.29, 1.82) is 0 Å². The molecule has 2 unspecified atom stereocenters. The summed E-state index contributed by atoms with van der Waals surface area (Å²) in [5.74, 6) is 2.63. The number of rotatable bonds is 4. The zero-order valence-corrected chi connectivity index (χ0v) is 20.6. The fourth-order valence-corrected chi connectivity index (χ4v) is 4.22. The van der Waals surface area contributed by atoms with Crippen LogP contribution in [-0.4, -0.2) is 51.4 Å². The molecule has 0 aliphatic carbocycles. The van der Waals surface area contributed by atoms with E-state index in [1.807, 2.05) is 0 Å². The molecular formula is C22H32FIN6O. The van der Waals surface area contributed by atoms with Crippen LogP contribution in [0.15, 0.2) is 29.3 Å². The maximum absolute atomic E-state index is 13.3. The average Bonchev–Trinajstić information content (AvgIpc) is 2.97. The third-order valence-electron chi connectivity index (χ3n) is 5.69. The highest BCUT2D eigenvalue weighted by Gasteiger charge is 2.28. The molecule has 2 aromatic rings. The molecule has 4 rings (SSSR count). The summed E-state index contributed by atoms with van der Waals surface area (Å²) in [4.78, 5) is 7.12. The molecule has 2 aliphatic heterocycles. The minimum atomic E-state index is -0.234. The van der Waals surface area contributed by atoms with Crippen LogP contribution in [-0.2, 0) is 24.2 Å². The van der Waals surface area contributed by atoms with E-state index in [2.05, 4.69) is 38.8 Å². The molecule has 0 saturated carbocycles. The van der Waals surface area contributed by atoms with E-state index in [4.69, 9.17) is 9.73 Å². The number of hydrogen-bond donors (Lipinski definition) is 1. The lowest BCUT2D eigenvalue weighted by atomic mass is 10.1. The van der Waals surface area contributed by atoms with Gasteiger partial charge in [0.05, 0.1) is 12.6 Å². The second-order valence-corrected chi connectivity index (χ2v) is 8.06. The van der Waals surface area contributed by atoms with Crippen molar-refractivity contribution in [2.45, 2.75) is 64.8 Å². The van der Waals surface area contributed by atoms with E-state index in [-0.39, 0.29) is 42.0 Å². The fraction of sp³-hybridized carbons (Fsp3) is 0.591. The Morgan fingerprint density at radius 3 is 2.77 bits per heavy atom. The predicted octanol–water partition coefficient (Wildman–Crippen LogP) is 3.69. The summed E-state index contributed by atoms with van der Waals surface area (Å²) in [6, 6.07) is 6.56. The Morgan fingerprint density at radius 2 is 2.00 bits per heavy atom. The minimum absolute atomic E-state index is 0. The third-order valence-corrected chi connectivity index (χ3v) is 5.69. The summed E-state index contributed by atoms with van der Waals surface area (Å²) in [6.07, 6.45) is 4.51. The van der Waals surface area contributed by atoms with Gasteiger partial charge in [0.15, 0.2) is 11.8 Å². The Bertz CT molecular complexity index is 871. The molecule has 3 heterocycles. The van der Waals surface area contributed by atoms with E-state index in [0.717, 1.165) is 49.2 Å². The number of guanidine groups is 1. The van der Waals surface area contributed by atoms with Gasteiger partial charge in [-0.05, 0) is 44.4 Å². The van der Waals surface area contributed by atoms with E-state index in [0.29, 0.717) is 13.1 Å². The lowest BCUT2D eigenvalue weighted by molar-refractivity contribution is -0.0605. The lowest BCUT2D eigenvalue weighted by Gasteiger charge is -2.38. The number of aryl methyl sites for hydroxylation is 1. The average molecular weight is 542 g/mol. The number of morpholine rings is 1. The van der Waals surface area contributed by atoms with Crippen LogP contribution in [0.1, 0.15) is 56.4 Å². The highest BCUT2D eigenvalue weighted by Crippen LogP contribution is 2.25. The number of fused-ring (bicyclic) bond motifs is 1. The van der Waals surface area contributed by atoms with Crippen molar-refractivity contribution >= 4 is 29.9 Å². The zero-order chi connectivity index (χ0) is 20.9. The first-order valence-corrected chi connectivity index (χ1v) is 11.0. The molecule has 0 spiro atoms. The molecule has 2 aliphatic rings. The fourth-order valence-electron chi connectivity index (χ4n) is 4.22. The van der Waals surface area contributed by atoms with Crippen molar-refractivity contribution in [3.05, 3.63) is 47.3 Å². The molecule has 0 radical (unpaired) electrons. The summed E-state index contributed by atoms with van der Waals surface area (Å²) in [5.41, 5.74) is 0.978. The van der Waals surface area contributed by atoms with Gasteiger partial charge < -0.3 is 19.5 Å². The molecule has 31 heavy (non-hydrogen) atoms. The molecule has 1 N–H and O–H groups in total. The van der Waals surface area contributed by atoms with Crippen LogP contribution in [0.3, 0.4) is 0 Å². The minimum Gasteiger partial charge on any atom is -0.367 e. The molecule has 1 fully saturated rings. The molecule has 1 aromatic carbocycles. The topological polar surface area (TPSA) is 67.6 Å². The van der Waals surface area contributed by atoms with Crippen LogP contribution in [0.4, 0.5) is 4.39 Å². The lowest BCUT2D eigenvalue weighted by Crippen LogP contribution is -2.50. The van der Waals surface area contributed by atoms with Gasteiger partial charge in [-0.3, -0.25) is 0 Å². The van der Waals surface area contributed by atoms with Gasteiger partial charge in [0.25, 0.3) is 0 Å². The Morgan fingerprint density at radius 1 is 1.19 bits per heavy atom. The smallest absolute Gasteiger partial charge is 0.194 e. The molecule has 9 heteroatoms. The number of ether oxygens (including phenoxy) is 1. The van der Waals surface area contributed by atoms with Gasteiger partial charge in [0.1, 0.15) is 24.3 Å². The zero-order valence-electron chi connectivity index (χ0n) is 18.3. The second-order valence-electron chi connectivity index (χ2n) is 8.06. The molecule has 7 nitrogen and oxygen atoms in total. The molecule has 2 atom stereocenters. The van der Waals surface area contributed by atoms with Crippen LogP contribution in [0, 0.1) is 5.82 Å². The SMILES string of the molecule is CCNC(=NCc1nnc2n1CCCCC2)N1CC(C)OC(c2ccc(F)cc2)C1.I. The van der Waals surface area contributed by atoms with Crippen molar-refractivity contribution < 1.29 is 9.13 Å². The first-order chi connectivity index (χ1) is 14.6. The maximum Gasteiger partial charge on any atom is 0.194 e. The number of benzene rings is 1. The Balaban J connectivity index is 0.00000272. The summed E-state index contributed by atoms with van der Waals surface area (Å²) >= 11 is 0. The van der Waals surface area contributed by atoms with Gasteiger partial charge in [-0.2, -0.15) is 0 Å². The maximum atomic E-state index is 13.3. The highest BCUT2D eigenvalue weighted by atomic mass is 127. The van der Waals surface area contributed by atoms with Gasteiger partial charge in [0.2, 0.25) is 0 Å². The summed E-state index contributed by atoms with van der Waals surface area (Å²) in [7, 11) is 0. The molecular weight excluding hydrogens is 510 g/mol. The molecule has 0 amide bonds. The van der Waals surface area contributed by atoms with Crippen molar-refractivity contribution in [3.8, 4) is 0 Å². The summed E-state index contributed by atoms with van der Waals surface area (Å²) in [6.45, 7) is 7.81. The summed E-state index contributed by atoms with van der Waals surface area (Å²) in [5, 5.41) is 12.2. The van der Waals surface area contributed by atoms with Crippen LogP contribution >= 0.6 is 24.0 Å². The quantitative estimate of drug-likeness (QED) is 0.363. The predicted molar refractivity (Wildman–Crippen MR) is 129 cm³/mol. The standard InChI is InChI=1S/C22H31FN6O.HI/c1-3-24-22(25-13-21-27-26-20-7-5-4-6-12-29(20)21)28-14-16(2)30-19(15-28)17-8-10-18(23)11-9-17;/h8-11,16,19H,3-7,12-15H2,1-2H3,(H,24,25);1H. The van der Waals surface area contributed by atoms with Crippen LogP contribution < -0.4 is 5.32 Å². The molecule has 1 saturated heterocycles.